The van der Waals surface area contributed by atoms with Crippen LogP contribution in [0.15, 0.2) is 36.7 Å². The number of hydrogen-bond donors (Lipinski definition) is 1. The average molecular weight is 324 g/mol. The first-order chi connectivity index (χ1) is 11.8. The van der Waals surface area contributed by atoms with Crippen LogP contribution in [-0.4, -0.2) is 30.2 Å². The molecule has 0 radical (unpaired) electrons. The van der Waals surface area contributed by atoms with Gasteiger partial charge in [-0.05, 0) is 37.7 Å². The third kappa shape index (κ3) is 3.16. The lowest BCUT2D eigenvalue weighted by Gasteiger charge is -2.27. The summed E-state index contributed by atoms with van der Waals surface area (Å²) >= 11 is 0. The van der Waals surface area contributed by atoms with Crippen molar-refractivity contribution in [3.8, 4) is 5.75 Å². The van der Waals surface area contributed by atoms with Crippen molar-refractivity contribution in [2.75, 3.05) is 30.4 Å². The Kier molecular flexibility index (Phi) is 4.24. The van der Waals surface area contributed by atoms with Gasteiger partial charge < -0.3 is 15.0 Å². The van der Waals surface area contributed by atoms with Crippen molar-refractivity contribution in [1.29, 1.82) is 0 Å². The van der Waals surface area contributed by atoms with Gasteiger partial charge in [0.05, 0.1) is 13.2 Å². The molecule has 1 aliphatic heterocycles. The molecular weight excluding hydrogens is 300 g/mol. The van der Waals surface area contributed by atoms with Crippen LogP contribution < -0.4 is 15.0 Å². The van der Waals surface area contributed by atoms with Crippen molar-refractivity contribution in [2.24, 2.45) is 5.92 Å². The van der Waals surface area contributed by atoms with Gasteiger partial charge in [0, 0.05) is 24.7 Å². The maximum atomic E-state index is 5.57. The van der Waals surface area contributed by atoms with Crippen molar-refractivity contribution in [1.82, 2.24) is 9.97 Å². The van der Waals surface area contributed by atoms with Crippen LogP contribution in [0, 0.1) is 5.92 Å². The van der Waals surface area contributed by atoms with Crippen molar-refractivity contribution < 1.29 is 4.74 Å². The van der Waals surface area contributed by atoms with Gasteiger partial charge in [-0.3, -0.25) is 0 Å². The molecule has 2 fully saturated rings. The van der Waals surface area contributed by atoms with E-state index in [4.69, 9.17) is 4.74 Å². The van der Waals surface area contributed by atoms with Crippen LogP contribution >= 0.6 is 0 Å². The summed E-state index contributed by atoms with van der Waals surface area (Å²) in [6, 6.07) is 10.7. The van der Waals surface area contributed by atoms with Gasteiger partial charge in [0.2, 0.25) is 0 Å². The van der Waals surface area contributed by atoms with Crippen LogP contribution in [0.5, 0.6) is 5.75 Å². The van der Waals surface area contributed by atoms with Crippen molar-refractivity contribution in [2.45, 2.75) is 31.7 Å². The second-order valence-electron chi connectivity index (χ2n) is 6.68. The van der Waals surface area contributed by atoms with Crippen molar-refractivity contribution >= 4 is 11.6 Å². The predicted octanol–water partition coefficient (Wildman–Crippen LogP) is 3.65. The van der Waals surface area contributed by atoms with Gasteiger partial charge in [-0.2, -0.15) is 0 Å². The molecule has 0 spiro atoms. The van der Waals surface area contributed by atoms with Crippen LogP contribution in [-0.2, 0) is 0 Å². The Morgan fingerprint density at radius 1 is 1.21 bits per heavy atom. The van der Waals surface area contributed by atoms with Crippen LogP contribution in [0.2, 0.25) is 0 Å². The van der Waals surface area contributed by atoms with Crippen molar-refractivity contribution in [3.05, 3.63) is 42.2 Å². The third-order valence-electron chi connectivity index (χ3n) is 4.97. The maximum Gasteiger partial charge on any atom is 0.134 e. The zero-order valence-corrected chi connectivity index (χ0v) is 14.1. The van der Waals surface area contributed by atoms with Gasteiger partial charge >= 0.3 is 0 Å². The number of nitrogens with zero attached hydrogens (tertiary/aromatic N) is 3. The largest absolute Gasteiger partial charge is 0.496 e. The summed E-state index contributed by atoms with van der Waals surface area (Å²) in [4.78, 5) is 11.3. The van der Waals surface area contributed by atoms with Gasteiger partial charge in [-0.15, -0.1) is 0 Å². The molecule has 126 valence electrons. The topological polar surface area (TPSA) is 50.3 Å². The van der Waals surface area contributed by atoms with Gasteiger partial charge in [0.25, 0.3) is 0 Å². The number of hydrogen-bond acceptors (Lipinski definition) is 5. The minimum Gasteiger partial charge on any atom is -0.496 e. The molecule has 1 N–H and O–H groups in total. The number of para-hydroxylation sites is 1. The first kappa shape index (κ1) is 15.2. The number of aromatic nitrogens is 2. The van der Waals surface area contributed by atoms with E-state index in [9.17, 15) is 0 Å². The second-order valence-corrected chi connectivity index (χ2v) is 6.68. The number of nitrogens with one attached hydrogen (secondary N) is 1. The Hall–Kier alpha value is -2.30. The molecule has 5 nitrogen and oxygen atoms in total. The van der Waals surface area contributed by atoms with E-state index >= 15 is 0 Å². The maximum absolute atomic E-state index is 5.57. The lowest BCUT2D eigenvalue weighted by molar-refractivity contribution is 0.405. The summed E-state index contributed by atoms with van der Waals surface area (Å²) in [7, 11) is 1.74. The van der Waals surface area contributed by atoms with E-state index in [0.29, 0.717) is 6.04 Å². The molecule has 4 rings (SSSR count). The SMILES string of the molecule is COc1ccccc1C1CCCN1c1cc(NCC2CC2)ncn1. The Morgan fingerprint density at radius 3 is 2.92 bits per heavy atom. The van der Waals surface area contributed by atoms with Crippen LogP contribution in [0.1, 0.15) is 37.3 Å². The Labute approximate surface area is 143 Å². The Balaban J connectivity index is 1.56. The van der Waals surface area contributed by atoms with Gasteiger partial charge in [-0.1, -0.05) is 18.2 Å². The molecule has 1 saturated carbocycles. The van der Waals surface area contributed by atoms with E-state index in [1.807, 2.05) is 12.1 Å². The highest BCUT2D eigenvalue weighted by Gasteiger charge is 2.29. The molecule has 2 aliphatic rings. The zero-order chi connectivity index (χ0) is 16.4. The fraction of sp³-hybridized carbons (Fsp3) is 0.474. The number of rotatable bonds is 6. The molecule has 1 atom stereocenters. The number of ether oxygens (including phenoxy) is 1. The number of benzene rings is 1. The summed E-state index contributed by atoms with van der Waals surface area (Å²) in [5, 5.41) is 3.45. The molecule has 0 bridgehead atoms. The average Bonchev–Trinajstić information content (AvgIpc) is 3.34. The third-order valence-corrected chi connectivity index (χ3v) is 4.97. The Bertz CT molecular complexity index is 701. The first-order valence-electron chi connectivity index (χ1n) is 8.80. The highest BCUT2D eigenvalue weighted by molar-refractivity contribution is 5.52. The zero-order valence-electron chi connectivity index (χ0n) is 14.1. The van der Waals surface area contributed by atoms with Gasteiger partial charge in [0.1, 0.15) is 23.7 Å². The van der Waals surface area contributed by atoms with Crippen LogP contribution in [0.4, 0.5) is 11.6 Å². The summed E-state index contributed by atoms with van der Waals surface area (Å²) in [6.07, 6.45) is 6.63. The molecule has 2 heterocycles. The lowest BCUT2D eigenvalue weighted by atomic mass is 10.0. The molecule has 5 heteroatoms. The van der Waals surface area contributed by atoms with Crippen LogP contribution in [0.3, 0.4) is 0 Å². The monoisotopic (exact) mass is 324 g/mol. The van der Waals surface area contributed by atoms with E-state index in [1.165, 1.54) is 18.4 Å². The minimum atomic E-state index is 0.312. The predicted molar refractivity (Wildman–Crippen MR) is 95.6 cm³/mol. The highest BCUT2D eigenvalue weighted by Crippen LogP contribution is 2.39. The fourth-order valence-corrected chi connectivity index (χ4v) is 3.48. The molecule has 1 unspecified atom stereocenters. The molecule has 1 saturated heterocycles. The van der Waals surface area contributed by atoms with Crippen molar-refractivity contribution in [3.63, 3.8) is 0 Å². The van der Waals surface area contributed by atoms with E-state index in [2.05, 4.69) is 38.4 Å². The second kappa shape index (κ2) is 6.67. The molecule has 1 aliphatic carbocycles. The summed E-state index contributed by atoms with van der Waals surface area (Å²) in [5.74, 6) is 3.71. The number of methoxy groups -OCH3 is 1. The van der Waals surface area contributed by atoms with E-state index < -0.39 is 0 Å². The smallest absolute Gasteiger partial charge is 0.134 e. The molecule has 1 aromatic carbocycles. The van der Waals surface area contributed by atoms with Crippen LogP contribution in [0.25, 0.3) is 0 Å². The number of anilines is 2. The van der Waals surface area contributed by atoms with E-state index in [-0.39, 0.29) is 0 Å². The summed E-state index contributed by atoms with van der Waals surface area (Å²) in [6.45, 7) is 2.04. The molecule has 24 heavy (non-hydrogen) atoms. The highest BCUT2D eigenvalue weighted by atomic mass is 16.5. The molecule has 1 aromatic heterocycles. The first-order valence-corrected chi connectivity index (χ1v) is 8.80. The van der Waals surface area contributed by atoms with E-state index in [0.717, 1.165) is 49.2 Å². The Morgan fingerprint density at radius 2 is 2.08 bits per heavy atom. The summed E-state index contributed by atoms with van der Waals surface area (Å²) in [5.41, 5.74) is 1.24. The standard InChI is InChI=1S/C19H24N4O/c1-24-17-7-3-2-5-15(17)16-6-4-10-23(16)19-11-18(21-13-22-19)20-12-14-8-9-14/h2-3,5,7,11,13-14,16H,4,6,8-10,12H2,1H3,(H,20,21,22). The molecular formula is C19H24N4O. The normalized spacial score (nSPS) is 20.2. The molecule has 2 aromatic rings. The minimum absolute atomic E-state index is 0.312. The van der Waals surface area contributed by atoms with E-state index in [1.54, 1.807) is 13.4 Å². The quantitative estimate of drug-likeness (QED) is 0.879. The molecule has 0 amide bonds. The summed E-state index contributed by atoms with van der Waals surface area (Å²) < 4.78 is 5.57. The van der Waals surface area contributed by atoms with Gasteiger partial charge in [0.15, 0.2) is 0 Å². The lowest BCUT2D eigenvalue weighted by Crippen LogP contribution is -2.24. The van der Waals surface area contributed by atoms with Gasteiger partial charge in [-0.25, -0.2) is 9.97 Å². The fourth-order valence-electron chi connectivity index (χ4n) is 3.48.